The summed E-state index contributed by atoms with van der Waals surface area (Å²) in [5.74, 6) is -0.149. The number of rotatable bonds is 9. The molecule has 7 heteroatoms. The zero-order valence-corrected chi connectivity index (χ0v) is 23.6. The number of carbonyl (C=O) groups excluding carboxylic acids is 2. The van der Waals surface area contributed by atoms with Gasteiger partial charge < -0.3 is 23.8 Å². The van der Waals surface area contributed by atoms with Crippen molar-refractivity contribution in [3.8, 4) is 0 Å². The van der Waals surface area contributed by atoms with Crippen LogP contribution in [0.3, 0.4) is 0 Å². The van der Waals surface area contributed by atoms with Crippen molar-refractivity contribution in [2.45, 2.75) is 64.9 Å². The first-order chi connectivity index (χ1) is 18.7. The molecule has 2 bridgehead atoms. The van der Waals surface area contributed by atoms with Crippen LogP contribution in [0.25, 0.3) is 0 Å². The van der Waals surface area contributed by atoms with Crippen LogP contribution in [0.15, 0.2) is 72.3 Å². The third kappa shape index (κ3) is 7.70. The fourth-order valence-corrected chi connectivity index (χ4v) is 5.66. The van der Waals surface area contributed by atoms with E-state index in [-0.39, 0.29) is 18.1 Å². The van der Waals surface area contributed by atoms with E-state index < -0.39 is 17.0 Å². The average Bonchev–Trinajstić information content (AvgIpc) is 2.92. The van der Waals surface area contributed by atoms with E-state index in [0.717, 1.165) is 23.1 Å². The van der Waals surface area contributed by atoms with Crippen LogP contribution in [0.4, 0.5) is 4.79 Å². The molecule has 39 heavy (non-hydrogen) atoms. The van der Waals surface area contributed by atoms with Crippen LogP contribution in [0, 0.1) is 11.3 Å². The number of nitrogens with zero attached hydrogens (tertiary/aromatic N) is 1. The Hall–Kier alpha value is -3.16. The molecule has 0 spiro atoms. The second-order valence-electron chi connectivity index (χ2n) is 11.7. The van der Waals surface area contributed by atoms with E-state index in [0.29, 0.717) is 45.8 Å². The summed E-state index contributed by atoms with van der Waals surface area (Å²) >= 11 is 0. The van der Waals surface area contributed by atoms with E-state index in [2.05, 4.69) is 0 Å². The molecular weight excluding hydrogens is 494 g/mol. The lowest BCUT2D eigenvalue weighted by Crippen LogP contribution is -2.61. The third-order valence-corrected chi connectivity index (χ3v) is 7.58. The molecule has 2 aromatic carbocycles. The van der Waals surface area contributed by atoms with Crippen molar-refractivity contribution in [3.63, 3.8) is 0 Å². The number of fused-ring (bicyclic) bond motifs is 2. The second kappa shape index (κ2) is 12.8. The zero-order valence-electron chi connectivity index (χ0n) is 23.6. The molecule has 1 saturated carbocycles. The molecule has 4 rings (SSSR count). The van der Waals surface area contributed by atoms with Gasteiger partial charge in [0.05, 0.1) is 39.6 Å². The van der Waals surface area contributed by atoms with Crippen LogP contribution >= 0.6 is 0 Å². The molecule has 0 unspecified atom stereocenters. The van der Waals surface area contributed by atoms with E-state index >= 15 is 0 Å². The van der Waals surface area contributed by atoms with E-state index in [1.165, 1.54) is 7.11 Å². The number of hydrogen-bond donors (Lipinski definition) is 0. The van der Waals surface area contributed by atoms with Gasteiger partial charge in [0, 0.05) is 18.0 Å². The molecular formula is C32H41NO6. The van der Waals surface area contributed by atoms with Crippen molar-refractivity contribution < 1.29 is 28.5 Å². The lowest BCUT2D eigenvalue weighted by atomic mass is 9.63. The summed E-state index contributed by atoms with van der Waals surface area (Å²) in [6, 6.07) is 20.0. The maximum absolute atomic E-state index is 13.6. The van der Waals surface area contributed by atoms with Crippen molar-refractivity contribution in [3.05, 3.63) is 83.4 Å². The summed E-state index contributed by atoms with van der Waals surface area (Å²) in [6.07, 6.45) is 3.45. The minimum atomic E-state index is -0.648. The number of amides is 1. The number of hydrogen-bond acceptors (Lipinski definition) is 6. The standard InChI is InChI=1S/C32H41NO6/c1-31(2,3)39-30(35)33-21-32(22-37-19-24-11-7-5-8-12-24,23-38-20-25-13-9-6-10-14-25)27-16-15-26(28(33)18-27)17-29(34)36-4/h5-14,17,27-28H,15-16,18-23H2,1-4H3/b26-17-/t27-,28-/m0/s1. The number of methoxy groups -OCH3 is 1. The van der Waals surface area contributed by atoms with Crippen molar-refractivity contribution in [2.75, 3.05) is 26.9 Å². The highest BCUT2D eigenvalue weighted by Crippen LogP contribution is 2.48. The molecule has 0 N–H and O–H groups in total. The van der Waals surface area contributed by atoms with Crippen molar-refractivity contribution >= 4 is 12.1 Å². The normalized spacial score (nSPS) is 21.4. The molecule has 2 aromatic rings. The van der Waals surface area contributed by atoms with Gasteiger partial charge in [0.2, 0.25) is 0 Å². The molecule has 1 aliphatic carbocycles. The van der Waals surface area contributed by atoms with Crippen molar-refractivity contribution in [1.82, 2.24) is 4.90 Å². The Morgan fingerprint density at radius 2 is 1.51 bits per heavy atom. The van der Waals surface area contributed by atoms with E-state index in [1.54, 1.807) is 11.0 Å². The van der Waals surface area contributed by atoms with Crippen LogP contribution in [0.1, 0.15) is 51.2 Å². The van der Waals surface area contributed by atoms with E-state index in [9.17, 15) is 9.59 Å². The summed E-state index contributed by atoms with van der Waals surface area (Å²) in [5, 5.41) is 0. The Kier molecular flexibility index (Phi) is 9.46. The summed E-state index contributed by atoms with van der Waals surface area (Å²) in [6.45, 7) is 7.87. The van der Waals surface area contributed by atoms with Crippen molar-refractivity contribution in [1.29, 1.82) is 0 Å². The number of esters is 1. The monoisotopic (exact) mass is 535 g/mol. The fraction of sp³-hybridized carbons (Fsp3) is 0.500. The highest BCUT2D eigenvalue weighted by atomic mass is 16.6. The molecule has 2 atom stereocenters. The minimum Gasteiger partial charge on any atom is -0.466 e. The third-order valence-electron chi connectivity index (χ3n) is 7.58. The second-order valence-corrected chi connectivity index (χ2v) is 11.7. The topological polar surface area (TPSA) is 74.3 Å². The largest absolute Gasteiger partial charge is 0.466 e. The Morgan fingerprint density at radius 1 is 0.949 bits per heavy atom. The van der Waals surface area contributed by atoms with Gasteiger partial charge in [0.25, 0.3) is 0 Å². The SMILES string of the molecule is COC(=O)/C=C1/CC[C@H]2C[C@@H]1N(C(=O)OC(C)(C)C)CC2(COCc1ccccc1)COCc1ccccc1. The predicted molar refractivity (Wildman–Crippen MR) is 149 cm³/mol. The number of piperidine rings is 1. The van der Waals surface area contributed by atoms with Crippen LogP contribution in [-0.2, 0) is 37.0 Å². The quantitative estimate of drug-likeness (QED) is 0.293. The zero-order chi connectivity index (χ0) is 27.9. The number of benzene rings is 2. The maximum Gasteiger partial charge on any atom is 0.410 e. The molecule has 2 aliphatic rings. The first-order valence-corrected chi connectivity index (χ1v) is 13.7. The van der Waals surface area contributed by atoms with Crippen LogP contribution in [0.5, 0.6) is 0 Å². The molecule has 0 aromatic heterocycles. The summed E-state index contributed by atoms with van der Waals surface area (Å²) in [7, 11) is 1.37. The van der Waals surface area contributed by atoms with Crippen molar-refractivity contribution in [2.24, 2.45) is 11.3 Å². The Balaban J connectivity index is 1.60. The summed E-state index contributed by atoms with van der Waals surface area (Å²) in [5.41, 5.74) is 2.04. The molecule has 1 amide bonds. The van der Waals surface area contributed by atoms with Crippen LogP contribution in [-0.4, -0.2) is 55.5 Å². The first-order valence-electron chi connectivity index (χ1n) is 13.7. The fourth-order valence-electron chi connectivity index (χ4n) is 5.66. The lowest BCUT2D eigenvalue weighted by molar-refractivity contribution is -0.135. The molecule has 1 heterocycles. The Morgan fingerprint density at radius 3 is 2.03 bits per heavy atom. The Bertz CT molecular complexity index is 1080. The number of ether oxygens (including phenoxy) is 4. The predicted octanol–water partition coefficient (Wildman–Crippen LogP) is 5.93. The van der Waals surface area contributed by atoms with Gasteiger partial charge in [-0.1, -0.05) is 60.7 Å². The maximum atomic E-state index is 13.6. The molecule has 1 saturated heterocycles. The van der Waals surface area contributed by atoms with E-state index in [1.807, 2.05) is 81.4 Å². The van der Waals surface area contributed by atoms with Gasteiger partial charge >= 0.3 is 12.1 Å². The number of carbonyl (C=O) groups is 2. The average molecular weight is 536 g/mol. The molecule has 1 aliphatic heterocycles. The minimum absolute atomic E-state index is 0.228. The van der Waals surface area contributed by atoms with Gasteiger partial charge in [-0.05, 0) is 62.7 Å². The van der Waals surface area contributed by atoms with Crippen LogP contribution < -0.4 is 0 Å². The van der Waals surface area contributed by atoms with Gasteiger partial charge in [-0.3, -0.25) is 0 Å². The molecule has 7 nitrogen and oxygen atoms in total. The van der Waals surface area contributed by atoms with E-state index in [4.69, 9.17) is 18.9 Å². The number of likely N-dealkylation sites (tertiary alicyclic amines) is 1. The Labute approximate surface area is 232 Å². The van der Waals surface area contributed by atoms with Crippen LogP contribution in [0.2, 0.25) is 0 Å². The molecule has 210 valence electrons. The molecule has 0 radical (unpaired) electrons. The molecule has 2 fully saturated rings. The van der Waals surface area contributed by atoms with Gasteiger partial charge in [-0.2, -0.15) is 0 Å². The summed E-state index contributed by atoms with van der Waals surface area (Å²) < 4.78 is 23.5. The first kappa shape index (κ1) is 28.8. The highest BCUT2D eigenvalue weighted by Gasteiger charge is 2.52. The van der Waals surface area contributed by atoms with Gasteiger partial charge in [0.15, 0.2) is 0 Å². The lowest BCUT2D eigenvalue weighted by Gasteiger charge is -2.54. The van der Waals surface area contributed by atoms with Gasteiger partial charge in [0.1, 0.15) is 5.60 Å². The smallest absolute Gasteiger partial charge is 0.410 e. The van der Waals surface area contributed by atoms with Gasteiger partial charge in [-0.25, -0.2) is 9.59 Å². The summed E-state index contributed by atoms with van der Waals surface area (Å²) in [4.78, 5) is 27.5. The van der Waals surface area contributed by atoms with Gasteiger partial charge in [-0.15, -0.1) is 0 Å². The highest BCUT2D eigenvalue weighted by molar-refractivity contribution is 5.83.